The molecule has 4 nitrogen and oxygen atoms in total. The minimum atomic E-state index is -0.254. The fourth-order valence-electron chi connectivity index (χ4n) is 4.50. The third-order valence-corrected chi connectivity index (χ3v) is 6.25. The van der Waals surface area contributed by atoms with Crippen LogP contribution in [0.2, 0.25) is 0 Å². The smallest absolute Gasteiger partial charge is 0.141 e. The Morgan fingerprint density at radius 1 is 1.13 bits per heavy atom. The van der Waals surface area contributed by atoms with E-state index in [1.165, 1.54) is 28.6 Å². The fraction of sp³-hybridized carbons (Fsp3) is 0.400. The standard InChI is InChI=1S/C25H30FN3O/c1-2-27-24(18-30)21-6-5-20-10-16-29(25(20)17-21)23-11-14-28(15-12-23)13-9-19-3-7-22(26)8-4-19/h3-8,10,16-18,23-24,27H,2,9,11-15H2,1H3. The van der Waals surface area contributed by atoms with Gasteiger partial charge in [-0.2, -0.15) is 0 Å². The first kappa shape index (κ1) is 20.8. The Kier molecular flexibility index (Phi) is 6.60. The van der Waals surface area contributed by atoms with Gasteiger partial charge in [0, 0.05) is 37.4 Å². The molecule has 5 heteroatoms. The van der Waals surface area contributed by atoms with E-state index >= 15 is 0 Å². The van der Waals surface area contributed by atoms with Gasteiger partial charge < -0.3 is 19.6 Å². The van der Waals surface area contributed by atoms with Gasteiger partial charge in [0.15, 0.2) is 0 Å². The predicted molar refractivity (Wildman–Crippen MR) is 119 cm³/mol. The van der Waals surface area contributed by atoms with E-state index in [1.54, 1.807) is 0 Å². The molecule has 1 saturated heterocycles. The van der Waals surface area contributed by atoms with Gasteiger partial charge in [-0.3, -0.25) is 0 Å². The van der Waals surface area contributed by atoms with E-state index in [4.69, 9.17) is 0 Å². The number of aromatic nitrogens is 1. The van der Waals surface area contributed by atoms with Crippen molar-refractivity contribution < 1.29 is 9.18 Å². The molecule has 1 N–H and O–H groups in total. The minimum absolute atomic E-state index is 0.174. The van der Waals surface area contributed by atoms with Crippen molar-refractivity contribution in [3.63, 3.8) is 0 Å². The Morgan fingerprint density at radius 2 is 1.90 bits per heavy atom. The zero-order valence-corrected chi connectivity index (χ0v) is 17.6. The van der Waals surface area contributed by atoms with Crippen LogP contribution < -0.4 is 5.32 Å². The number of benzene rings is 2. The van der Waals surface area contributed by atoms with Crippen molar-refractivity contribution in [1.82, 2.24) is 14.8 Å². The quantitative estimate of drug-likeness (QED) is 0.558. The summed E-state index contributed by atoms with van der Waals surface area (Å²) < 4.78 is 15.5. The van der Waals surface area contributed by atoms with Crippen molar-refractivity contribution in [2.45, 2.75) is 38.3 Å². The Labute approximate surface area is 177 Å². The molecular weight excluding hydrogens is 377 g/mol. The summed E-state index contributed by atoms with van der Waals surface area (Å²) in [5, 5.41) is 4.46. The zero-order valence-electron chi connectivity index (χ0n) is 17.6. The zero-order chi connectivity index (χ0) is 20.9. The van der Waals surface area contributed by atoms with Crippen LogP contribution in [-0.2, 0) is 11.2 Å². The topological polar surface area (TPSA) is 37.3 Å². The fourth-order valence-corrected chi connectivity index (χ4v) is 4.50. The maximum atomic E-state index is 13.1. The van der Waals surface area contributed by atoms with Gasteiger partial charge in [0.05, 0.1) is 6.04 Å². The molecule has 158 valence electrons. The van der Waals surface area contributed by atoms with Gasteiger partial charge in [-0.1, -0.05) is 31.2 Å². The largest absolute Gasteiger partial charge is 0.344 e. The molecule has 0 amide bonds. The highest BCUT2D eigenvalue weighted by Crippen LogP contribution is 2.29. The summed E-state index contributed by atoms with van der Waals surface area (Å²) in [6.45, 7) is 5.93. The normalized spacial score (nSPS) is 16.7. The maximum Gasteiger partial charge on any atom is 0.141 e. The summed E-state index contributed by atoms with van der Waals surface area (Å²) in [6.07, 6.45) is 6.36. The summed E-state index contributed by atoms with van der Waals surface area (Å²) in [6, 6.07) is 15.6. The molecule has 1 fully saturated rings. The first-order valence-electron chi connectivity index (χ1n) is 10.9. The number of rotatable bonds is 8. The molecule has 1 aromatic heterocycles. The van der Waals surface area contributed by atoms with Gasteiger partial charge in [-0.05, 0) is 66.6 Å². The van der Waals surface area contributed by atoms with Crippen LogP contribution in [0.1, 0.15) is 43.0 Å². The van der Waals surface area contributed by atoms with E-state index in [9.17, 15) is 9.18 Å². The van der Waals surface area contributed by atoms with Gasteiger partial charge >= 0.3 is 0 Å². The van der Waals surface area contributed by atoms with Gasteiger partial charge in [0.25, 0.3) is 0 Å². The number of carbonyl (C=O) groups excluding carboxylic acids is 1. The third-order valence-electron chi connectivity index (χ3n) is 6.25. The van der Waals surface area contributed by atoms with Crippen molar-refractivity contribution in [1.29, 1.82) is 0 Å². The lowest BCUT2D eigenvalue weighted by atomic mass is 10.0. The van der Waals surface area contributed by atoms with E-state index in [1.807, 2.05) is 25.1 Å². The molecule has 0 bridgehead atoms. The second-order valence-corrected chi connectivity index (χ2v) is 8.16. The van der Waals surface area contributed by atoms with Crippen molar-refractivity contribution in [2.75, 3.05) is 26.2 Å². The summed E-state index contributed by atoms with van der Waals surface area (Å²) >= 11 is 0. The lowest BCUT2D eigenvalue weighted by molar-refractivity contribution is -0.109. The molecule has 1 aliphatic rings. The van der Waals surface area contributed by atoms with E-state index in [-0.39, 0.29) is 11.9 Å². The van der Waals surface area contributed by atoms with Gasteiger partial charge in [-0.15, -0.1) is 0 Å². The molecule has 2 heterocycles. The molecule has 4 rings (SSSR count). The average molecular weight is 408 g/mol. The number of nitrogens with zero attached hydrogens (tertiary/aromatic N) is 2. The highest BCUT2D eigenvalue weighted by Gasteiger charge is 2.21. The lowest BCUT2D eigenvalue weighted by Crippen LogP contribution is -2.35. The van der Waals surface area contributed by atoms with Gasteiger partial charge in [0.2, 0.25) is 0 Å². The SMILES string of the molecule is CCNC(C=O)c1ccc2ccn(C3CCN(CCc4ccc(F)cc4)CC3)c2c1. The molecule has 0 aliphatic carbocycles. The van der Waals surface area contributed by atoms with E-state index in [0.717, 1.165) is 57.3 Å². The van der Waals surface area contributed by atoms with Crippen LogP contribution in [0.15, 0.2) is 54.7 Å². The molecule has 1 unspecified atom stereocenters. The summed E-state index contributed by atoms with van der Waals surface area (Å²) in [5.41, 5.74) is 3.42. The Hall–Kier alpha value is -2.50. The van der Waals surface area contributed by atoms with Crippen molar-refractivity contribution in [2.24, 2.45) is 0 Å². The van der Waals surface area contributed by atoms with Crippen LogP contribution in [0.25, 0.3) is 10.9 Å². The molecule has 0 saturated carbocycles. The van der Waals surface area contributed by atoms with Crippen LogP contribution in [0.4, 0.5) is 4.39 Å². The lowest BCUT2D eigenvalue weighted by Gasteiger charge is -2.33. The number of hydrogen-bond acceptors (Lipinski definition) is 3. The number of likely N-dealkylation sites (tertiary alicyclic amines) is 1. The number of aldehydes is 1. The monoisotopic (exact) mass is 407 g/mol. The summed E-state index contributed by atoms with van der Waals surface area (Å²) in [5.74, 6) is -0.174. The molecule has 1 atom stereocenters. The second kappa shape index (κ2) is 9.54. The minimum Gasteiger partial charge on any atom is -0.344 e. The molecule has 1 aliphatic heterocycles. The van der Waals surface area contributed by atoms with Crippen LogP contribution in [0, 0.1) is 5.82 Å². The molecule has 2 aromatic carbocycles. The molecule has 0 radical (unpaired) electrons. The summed E-state index contributed by atoms with van der Waals surface area (Å²) in [7, 11) is 0. The van der Waals surface area contributed by atoms with E-state index in [0.29, 0.717) is 6.04 Å². The van der Waals surface area contributed by atoms with Gasteiger partial charge in [-0.25, -0.2) is 4.39 Å². The van der Waals surface area contributed by atoms with Crippen LogP contribution in [-0.4, -0.2) is 41.9 Å². The van der Waals surface area contributed by atoms with Crippen molar-refractivity contribution in [3.8, 4) is 0 Å². The van der Waals surface area contributed by atoms with Crippen molar-refractivity contribution in [3.05, 3.63) is 71.7 Å². The second-order valence-electron chi connectivity index (χ2n) is 8.16. The molecule has 3 aromatic rings. The van der Waals surface area contributed by atoms with E-state index < -0.39 is 0 Å². The first-order chi connectivity index (χ1) is 14.7. The van der Waals surface area contributed by atoms with Crippen LogP contribution in [0.3, 0.4) is 0 Å². The number of fused-ring (bicyclic) bond motifs is 1. The highest BCUT2D eigenvalue weighted by atomic mass is 19.1. The number of piperidine rings is 1. The number of carbonyl (C=O) groups is 1. The van der Waals surface area contributed by atoms with Crippen LogP contribution in [0.5, 0.6) is 0 Å². The van der Waals surface area contributed by atoms with Crippen LogP contribution >= 0.6 is 0 Å². The molecular formula is C25H30FN3O. The maximum absolute atomic E-state index is 13.1. The number of nitrogens with one attached hydrogen (secondary N) is 1. The van der Waals surface area contributed by atoms with Crippen molar-refractivity contribution >= 4 is 17.2 Å². The predicted octanol–water partition coefficient (Wildman–Crippen LogP) is 4.51. The number of hydrogen-bond donors (Lipinski definition) is 1. The van der Waals surface area contributed by atoms with E-state index in [2.05, 4.69) is 39.2 Å². The third kappa shape index (κ3) is 4.63. The Bertz CT molecular complexity index is 974. The Morgan fingerprint density at radius 3 is 2.60 bits per heavy atom. The summed E-state index contributed by atoms with van der Waals surface area (Å²) in [4.78, 5) is 14.0. The molecule has 0 spiro atoms. The number of likely N-dealkylation sites (N-methyl/N-ethyl adjacent to an activating group) is 1. The van der Waals surface area contributed by atoms with Gasteiger partial charge in [0.1, 0.15) is 12.1 Å². The molecule has 30 heavy (non-hydrogen) atoms. The number of halogens is 1. The average Bonchev–Trinajstić information content (AvgIpc) is 3.21. The Balaban J connectivity index is 1.40. The highest BCUT2D eigenvalue weighted by molar-refractivity contribution is 5.82. The first-order valence-corrected chi connectivity index (χ1v) is 10.9.